The Kier molecular flexibility index (Phi) is 13.3. The van der Waals surface area contributed by atoms with Gasteiger partial charge in [0.15, 0.2) is 5.78 Å². The number of thioether (sulfide) groups is 1. The number of likely N-dealkylation sites (tertiary alicyclic amines) is 1. The van der Waals surface area contributed by atoms with Crippen LogP contribution < -0.4 is 21.3 Å². The van der Waals surface area contributed by atoms with Crippen LogP contribution in [0.3, 0.4) is 0 Å². The van der Waals surface area contributed by atoms with E-state index in [-0.39, 0.29) is 54.8 Å². The molecule has 0 radical (unpaired) electrons. The normalized spacial score (nSPS) is 22.4. The van der Waals surface area contributed by atoms with E-state index in [1.54, 1.807) is 27.7 Å². The first-order chi connectivity index (χ1) is 21.9. The molecule has 1 heterocycles. The molecule has 4 N–H and O–H groups in total. The highest BCUT2D eigenvalue weighted by atomic mass is 32.2. The van der Waals surface area contributed by atoms with Crippen LogP contribution in [-0.2, 0) is 24.0 Å². The standard InChI is InChI=1S/C32H48F3N5O6S/c1-6-14-36-27(44)24(42)28(47-17-32(33,34)35)39-26(43)21-15-18(2)16-40(21)29(45)25(31(3,4)5)38-30(46)37-22(23(41)20-12-13-20)19-10-8-7-9-11-19/h6,18-22,25,28H,1,7-17H2,2-5H3,(H,36,44)(H,39,43)(H2,37,38,46)/t18?,21-,22?,25?,28?/m0/s1. The van der Waals surface area contributed by atoms with Crippen molar-refractivity contribution in [3.8, 4) is 0 Å². The molecule has 2 aliphatic carbocycles. The maximum absolute atomic E-state index is 14.1. The van der Waals surface area contributed by atoms with Gasteiger partial charge in [0.2, 0.25) is 11.8 Å². The molecule has 0 bridgehead atoms. The minimum absolute atomic E-state index is 0.0152. The van der Waals surface area contributed by atoms with Crippen molar-refractivity contribution in [3.05, 3.63) is 12.7 Å². The van der Waals surface area contributed by atoms with Crippen molar-refractivity contribution < 1.29 is 41.9 Å². The van der Waals surface area contributed by atoms with Gasteiger partial charge in [-0.3, -0.25) is 24.0 Å². The van der Waals surface area contributed by atoms with E-state index in [0.29, 0.717) is 0 Å². The number of carbonyl (C=O) groups excluding carboxylic acids is 6. The predicted octanol–water partition coefficient (Wildman–Crippen LogP) is 3.47. The second-order valence-corrected chi connectivity index (χ2v) is 15.1. The van der Waals surface area contributed by atoms with Crippen LogP contribution in [0.5, 0.6) is 0 Å². The van der Waals surface area contributed by atoms with E-state index in [9.17, 15) is 41.9 Å². The van der Waals surface area contributed by atoms with Crippen LogP contribution in [0.4, 0.5) is 18.0 Å². The molecule has 3 aliphatic rings. The minimum Gasteiger partial charge on any atom is -0.346 e. The van der Waals surface area contributed by atoms with Gasteiger partial charge in [0, 0.05) is 19.0 Å². The maximum atomic E-state index is 14.1. The molecule has 0 aromatic rings. The molecule has 11 nitrogen and oxygen atoms in total. The van der Waals surface area contributed by atoms with Gasteiger partial charge in [0.1, 0.15) is 17.5 Å². The molecule has 0 aromatic carbocycles. The molecule has 3 rings (SSSR count). The van der Waals surface area contributed by atoms with Crippen molar-refractivity contribution in [1.29, 1.82) is 0 Å². The highest BCUT2D eigenvalue weighted by Gasteiger charge is 2.46. The number of ketones is 2. The highest BCUT2D eigenvalue weighted by molar-refractivity contribution is 8.00. The van der Waals surface area contributed by atoms with Gasteiger partial charge in [-0.2, -0.15) is 13.2 Å². The van der Waals surface area contributed by atoms with E-state index >= 15 is 0 Å². The lowest BCUT2D eigenvalue weighted by Gasteiger charge is -2.36. The van der Waals surface area contributed by atoms with Gasteiger partial charge in [-0.1, -0.05) is 53.0 Å². The summed E-state index contributed by atoms with van der Waals surface area (Å²) >= 11 is 0.0514. The SMILES string of the molecule is C=CCNC(=O)C(=O)C(NC(=O)[C@@H]1CC(C)CN1C(=O)C(NC(=O)NC(C(=O)C1CC1)C1CCCCC1)C(C)(C)C)SCC(F)(F)F. The summed E-state index contributed by atoms with van der Waals surface area (Å²) in [7, 11) is 0. The first-order valence-electron chi connectivity index (χ1n) is 16.3. The van der Waals surface area contributed by atoms with Gasteiger partial charge in [-0.25, -0.2) is 4.79 Å². The van der Waals surface area contributed by atoms with Crippen LogP contribution in [0, 0.1) is 23.2 Å². The average Bonchev–Trinajstić information content (AvgIpc) is 3.78. The van der Waals surface area contributed by atoms with Gasteiger partial charge in [0.05, 0.1) is 11.8 Å². The smallest absolute Gasteiger partial charge is 0.346 e. The Balaban J connectivity index is 1.77. The lowest BCUT2D eigenvalue weighted by atomic mass is 9.81. The van der Waals surface area contributed by atoms with Gasteiger partial charge in [-0.15, -0.1) is 18.3 Å². The Morgan fingerprint density at radius 2 is 1.60 bits per heavy atom. The number of hydrogen-bond acceptors (Lipinski definition) is 7. The molecule has 5 amide bonds. The average molecular weight is 688 g/mol. The topological polar surface area (TPSA) is 154 Å². The van der Waals surface area contributed by atoms with Crippen molar-refractivity contribution in [2.45, 2.75) is 109 Å². The Bertz CT molecular complexity index is 1200. The summed E-state index contributed by atoms with van der Waals surface area (Å²) in [6.45, 7) is 10.4. The fraction of sp³-hybridized carbons (Fsp3) is 0.750. The molecular weight excluding hydrogens is 639 g/mol. The van der Waals surface area contributed by atoms with Crippen molar-refractivity contribution in [2.75, 3.05) is 18.8 Å². The number of hydrogen-bond donors (Lipinski definition) is 4. The molecule has 5 atom stereocenters. The number of amides is 5. The van der Waals surface area contributed by atoms with Crippen LogP contribution in [0.15, 0.2) is 12.7 Å². The number of alkyl halides is 3. The number of Topliss-reactive ketones (excluding diaryl/α,β-unsaturated/α-hetero) is 2. The predicted molar refractivity (Wildman–Crippen MR) is 171 cm³/mol. The summed E-state index contributed by atoms with van der Waals surface area (Å²) < 4.78 is 39.1. The van der Waals surface area contributed by atoms with E-state index in [0.717, 1.165) is 44.9 Å². The first-order valence-corrected chi connectivity index (χ1v) is 17.3. The maximum Gasteiger partial charge on any atom is 0.397 e. The van der Waals surface area contributed by atoms with E-state index in [2.05, 4.69) is 27.8 Å². The molecule has 15 heteroatoms. The Labute approximate surface area is 278 Å². The van der Waals surface area contributed by atoms with E-state index in [4.69, 9.17) is 0 Å². The Morgan fingerprint density at radius 3 is 2.15 bits per heavy atom. The van der Waals surface area contributed by atoms with Crippen LogP contribution >= 0.6 is 11.8 Å². The lowest BCUT2D eigenvalue weighted by Crippen LogP contribution is -2.61. The van der Waals surface area contributed by atoms with Gasteiger partial charge < -0.3 is 26.2 Å². The molecule has 264 valence electrons. The number of halogens is 3. The summed E-state index contributed by atoms with van der Waals surface area (Å²) in [5, 5.41) is 8.22. The largest absolute Gasteiger partial charge is 0.397 e. The number of nitrogens with zero attached hydrogens (tertiary/aromatic N) is 1. The molecule has 47 heavy (non-hydrogen) atoms. The quantitative estimate of drug-likeness (QED) is 0.124. The number of carbonyl (C=O) groups is 6. The van der Waals surface area contributed by atoms with E-state index in [1.165, 1.54) is 11.0 Å². The molecule has 1 saturated heterocycles. The van der Waals surface area contributed by atoms with Crippen molar-refractivity contribution >= 4 is 47.1 Å². The fourth-order valence-corrected chi connectivity index (χ4v) is 6.95. The molecule has 3 fully saturated rings. The molecule has 1 aliphatic heterocycles. The van der Waals surface area contributed by atoms with Crippen LogP contribution in [0.25, 0.3) is 0 Å². The molecule has 0 aromatic heterocycles. The molecule has 0 spiro atoms. The summed E-state index contributed by atoms with van der Waals surface area (Å²) in [5.41, 5.74) is -0.841. The Morgan fingerprint density at radius 1 is 0.957 bits per heavy atom. The zero-order chi connectivity index (χ0) is 35.1. The third-order valence-electron chi connectivity index (χ3n) is 8.73. The monoisotopic (exact) mass is 687 g/mol. The number of nitrogens with one attached hydrogen (secondary N) is 4. The van der Waals surface area contributed by atoms with Crippen LogP contribution in [0.1, 0.15) is 79.1 Å². The van der Waals surface area contributed by atoms with Crippen molar-refractivity contribution in [2.24, 2.45) is 23.2 Å². The second kappa shape index (κ2) is 16.3. The second-order valence-electron chi connectivity index (χ2n) is 14.0. The zero-order valence-corrected chi connectivity index (χ0v) is 28.4. The molecule has 4 unspecified atom stereocenters. The van der Waals surface area contributed by atoms with E-state index in [1.807, 2.05) is 0 Å². The first kappa shape index (κ1) is 38.3. The van der Waals surface area contributed by atoms with Crippen LogP contribution in [0.2, 0.25) is 0 Å². The zero-order valence-electron chi connectivity index (χ0n) is 27.5. The fourth-order valence-electron chi connectivity index (χ4n) is 6.13. The third-order valence-corrected chi connectivity index (χ3v) is 9.89. The van der Waals surface area contributed by atoms with Gasteiger partial charge in [0.25, 0.3) is 11.7 Å². The summed E-state index contributed by atoms with van der Waals surface area (Å²) in [6, 6.07) is -3.63. The molecular formula is C32H48F3N5O6S. The van der Waals surface area contributed by atoms with Gasteiger partial charge >= 0.3 is 12.2 Å². The van der Waals surface area contributed by atoms with Crippen molar-refractivity contribution in [1.82, 2.24) is 26.2 Å². The third kappa shape index (κ3) is 11.2. The number of rotatable bonds is 14. The van der Waals surface area contributed by atoms with Crippen LogP contribution in [-0.4, -0.2) is 88.7 Å². The lowest BCUT2D eigenvalue weighted by molar-refractivity contribution is -0.143. The summed E-state index contributed by atoms with van der Waals surface area (Å²) in [6.07, 6.45) is 3.03. The minimum atomic E-state index is -4.68. The number of urea groups is 1. The molecule has 2 saturated carbocycles. The van der Waals surface area contributed by atoms with Crippen molar-refractivity contribution in [3.63, 3.8) is 0 Å². The highest BCUT2D eigenvalue weighted by Crippen LogP contribution is 2.36. The van der Waals surface area contributed by atoms with E-state index < -0.39 is 70.4 Å². The Hall–Kier alpha value is -3.10. The summed E-state index contributed by atoms with van der Waals surface area (Å²) in [4.78, 5) is 80.4. The van der Waals surface area contributed by atoms with Gasteiger partial charge in [-0.05, 0) is 49.4 Å². The summed E-state index contributed by atoms with van der Waals surface area (Å²) in [5.74, 6) is -5.67.